The van der Waals surface area contributed by atoms with Crippen LogP contribution >= 0.6 is 0 Å². The van der Waals surface area contributed by atoms with Crippen LogP contribution < -0.4 is 5.32 Å². The van der Waals surface area contributed by atoms with E-state index in [2.05, 4.69) is 34.2 Å². The first-order valence-corrected chi connectivity index (χ1v) is 8.28. The molecule has 2 amide bonds. The highest BCUT2D eigenvalue weighted by atomic mass is 16.2. The number of rotatable bonds is 4. The van der Waals surface area contributed by atoms with Gasteiger partial charge in [0.1, 0.15) is 5.82 Å². The number of carbonyl (C=O) groups excluding carboxylic acids is 1. The summed E-state index contributed by atoms with van der Waals surface area (Å²) in [5, 5.41) is 7.33. The number of likely N-dealkylation sites (tertiary alicyclic amines) is 2. The Labute approximate surface area is 138 Å². The molecule has 0 aliphatic carbocycles. The number of hydrogen-bond donors (Lipinski definition) is 1. The summed E-state index contributed by atoms with van der Waals surface area (Å²) in [7, 11) is 6.22. The van der Waals surface area contributed by atoms with Crippen LogP contribution in [-0.4, -0.2) is 84.4 Å². The first-order chi connectivity index (χ1) is 10.9. The summed E-state index contributed by atoms with van der Waals surface area (Å²) in [6, 6.07) is 1.86. The zero-order valence-electron chi connectivity index (χ0n) is 14.6. The van der Waals surface area contributed by atoms with E-state index in [1.807, 2.05) is 29.7 Å². The normalized spacial score (nSPS) is 27.7. The van der Waals surface area contributed by atoms with E-state index in [0.717, 1.165) is 45.1 Å². The molecule has 0 aromatic carbocycles. The molecular weight excluding hydrogens is 292 g/mol. The van der Waals surface area contributed by atoms with E-state index in [4.69, 9.17) is 0 Å². The number of fused-ring (bicyclic) bond motifs is 1. The van der Waals surface area contributed by atoms with Gasteiger partial charge in [-0.1, -0.05) is 6.92 Å². The molecular formula is C16H28N6O. The molecule has 128 valence electrons. The molecule has 23 heavy (non-hydrogen) atoms. The Morgan fingerprint density at radius 3 is 2.91 bits per heavy atom. The molecule has 2 saturated heterocycles. The van der Waals surface area contributed by atoms with Crippen molar-refractivity contribution >= 4 is 11.8 Å². The fourth-order valence-corrected chi connectivity index (χ4v) is 3.89. The van der Waals surface area contributed by atoms with Gasteiger partial charge in [0.15, 0.2) is 0 Å². The Morgan fingerprint density at radius 1 is 1.43 bits per heavy atom. The minimum absolute atomic E-state index is 0.00474. The summed E-state index contributed by atoms with van der Waals surface area (Å²) in [6.07, 6.45) is 1.74. The highest BCUT2D eigenvalue weighted by Gasteiger charge is 2.49. The van der Waals surface area contributed by atoms with Crippen LogP contribution in [0.2, 0.25) is 0 Å². The standard InChI is InChI=1S/C16H28N6O/c1-16-11-20(4)9-13(16)10-21(12-16)15(23)18-14-5-6-17-22(14)8-7-19(2)3/h5-6,13H,7-12H2,1-4H3,(H,18,23)/t13-,16+/m0/s1. The molecule has 0 bridgehead atoms. The Morgan fingerprint density at radius 2 is 2.22 bits per heavy atom. The van der Waals surface area contributed by atoms with Crippen molar-refractivity contribution in [2.24, 2.45) is 11.3 Å². The SMILES string of the molecule is CN(C)CCn1nccc1NC(=O)N1C[C@@H]2CN(C)C[C@]2(C)C1. The summed E-state index contributed by atoms with van der Waals surface area (Å²) >= 11 is 0. The van der Waals surface area contributed by atoms with Crippen molar-refractivity contribution in [1.29, 1.82) is 0 Å². The van der Waals surface area contributed by atoms with Crippen molar-refractivity contribution < 1.29 is 4.79 Å². The predicted octanol–water partition coefficient (Wildman–Crippen LogP) is 0.860. The van der Waals surface area contributed by atoms with Crippen LogP contribution in [0.15, 0.2) is 12.3 Å². The second kappa shape index (κ2) is 6.13. The third-order valence-electron chi connectivity index (χ3n) is 5.14. The molecule has 2 aliphatic heterocycles. The summed E-state index contributed by atoms with van der Waals surface area (Å²) in [4.78, 5) is 19.0. The van der Waals surface area contributed by atoms with Crippen molar-refractivity contribution in [3.05, 3.63) is 12.3 Å². The maximum atomic E-state index is 12.6. The third-order valence-corrected chi connectivity index (χ3v) is 5.14. The van der Waals surface area contributed by atoms with Crippen LogP contribution in [0.5, 0.6) is 0 Å². The number of urea groups is 1. The monoisotopic (exact) mass is 320 g/mol. The largest absolute Gasteiger partial charge is 0.324 e. The summed E-state index contributed by atoms with van der Waals surface area (Å²) in [5.41, 5.74) is 0.233. The van der Waals surface area contributed by atoms with E-state index in [-0.39, 0.29) is 11.4 Å². The van der Waals surface area contributed by atoms with Crippen LogP contribution in [0.1, 0.15) is 6.92 Å². The van der Waals surface area contributed by atoms with Gasteiger partial charge in [0.2, 0.25) is 0 Å². The average Bonchev–Trinajstić information content (AvgIpc) is 3.08. The van der Waals surface area contributed by atoms with Gasteiger partial charge >= 0.3 is 6.03 Å². The van der Waals surface area contributed by atoms with E-state index in [1.54, 1.807) is 6.20 Å². The average molecular weight is 320 g/mol. The molecule has 0 unspecified atom stereocenters. The molecule has 1 N–H and O–H groups in total. The van der Waals surface area contributed by atoms with Crippen LogP contribution in [0.4, 0.5) is 10.6 Å². The molecule has 2 fully saturated rings. The number of nitrogens with one attached hydrogen (secondary N) is 1. The van der Waals surface area contributed by atoms with Gasteiger partial charge in [-0.05, 0) is 27.1 Å². The zero-order valence-corrected chi connectivity index (χ0v) is 14.6. The molecule has 1 aromatic heterocycles. The molecule has 7 heteroatoms. The van der Waals surface area contributed by atoms with Crippen LogP contribution in [0.25, 0.3) is 0 Å². The Bertz CT molecular complexity index is 571. The molecule has 2 atom stereocenters. The van der Waals surface area contributed by atoms with Gasteiger partial charge in [0.25, 0.3) is 0 Å². The highest BCUT2D eigenvalue weighted by Crippen LogP contribution is 2.41. The van der Waals surface area contributed by atoms with E-state index in [1.165, 1.54) is 0 Å². The molecule has 7 nitrogen and oxygen atoms in total. The second-order valence-corrected chi connectivity index (χ2v) is 7.60. The van der Waals surface area contributed by atoms with Gasteiger partial charge in [-0.25, -0.2) is 9.48 Å². The number of nitrogens with zero attached hydrogens (tertiary/aromatic N) is 5. The number of amides is 2. The number of anilines is 1. The van der Waals surface area contributed by atoms with E-state index in [9.17, 15) is 4.79 Å². The maximum absolute atomic E-state index is 12.6. The zero-order chi connectivity index (χ0) is 16.6. The van der Waals surface area contributed by atoms with Crippen LogP contribution in [0, 0.1) is 11.3 Å². The van der Waals surface area contributed by atoms with Crippen LogP contribution in [0.3, 0.4) is 0 Å². The summed E-state index contributed by atoms with van der Waals surface area (Å²) in [6.45, 7) is 7.79. The minimum atomic E-state index is -0.00474. The Balaban J connectivity index is 1.60. The van der Waals surface area contributed by atoms with Gasteiger partial charge in [0, 0.05) is 44.2 Å². The first kappa shape index (κ1) is 16.3. The molecule has 2 aliphatic rings. The van der Waals surface area contributed by atoms with Crippen LogP contribution in [-0.2, 0) is 6.54 Å². The van der Waals surface area contributed by atoms with Gasteiger partial charge in [0.05, 0.1) is 12.7 Å². The lowest BCUT2D eigenvalue weighted by Gasteiger charge is -2.24. The van der Waals surface area contributed by atoms with E-state index < -0.39 is 0 Å². The van der Waals surface area contributed by atoms with Crippen molar-refractivity contribution in [3.8, 4) is 0 Å². The quantitative estimate of drug-likeness (QED) is 0.894. The third kappa shape index (κ3) is 3.35. The summed E-state index contributed by atoms with van der Waals surface area (Å²) in [5.74, 6) is 1.35. The summed E-state index contributed by atoms with van der Waals surface area (Å²) < 4.78 is 1.85. The van der Waals surface area contributed by atoms with E-state index in [0.29, 0.717) is 5.92 Å². The molecule has 3 heterocycles. The Kier molecular flexibility index (Phi) is 4.33. The maximum Gasteiger partial charge on any atom is 0.323 e. The number of hydrogen-bond acceptors (Lipinski definition) is 4. The lowest BCUT2D eigenvalue weighted by Crippen LogP contribution is -2.37. The van der Waals surface area contributed by atoms with Gasteiger partial charge in [-0.15, -0.1) is 0 Å². The minimum Gasteiger partial charge on any atom is -0.324 e. The number of carbonyl (C=O) groups is 1. The second-order valence-electron chi connectivity index (χ2n) is 7.60. The number of likely N-dealkylation sites (N-methyl/N-ethyl adjacent to an activating group) is 1. The molecule has 0 radical (unpaired) electrons. The Hall–Kier alpha value is -1.60. The lowest BCUT2D eigenvalue weighted by molar-refractivity contribution is 0.208. The number of aromatic nitrogens is 2. The lowest BCUT2D eigenvalue weighted by atomic mass is 9.83. The van der Waals surface area contributed by atoms with Gasteiger partial charge in [-0.2, -0.15) is 5.10 Å². The fourth-order valence-electron chi connectivity index (χ4n) is 3.89. The van der Waals surface area contributed by atoms with Crippen molar-refractivity contribution in [2.45, 2.75) is 13.5 Å². The first-order valence-electron chi connectivity index (χ1n) is 8.28. The molecule has 1 aromatic rings. The topological polar surface area (TPSA) is 56.6 Å². The highest BCUT2D eigenvalue weighted by molar-refractivity contribution is 5.88. The van der Waals surface area contributed by atoms with E-state index >= 15 is 0 Å². The molecule has 0 saturated carbocycles. The smallest absolute Gasteiger partial charge is 0.323 e. The van der Waals surface area contributed by atoms with Crippen molar-refractivity contribution in [1.82, 2.24) is 24.5 Å². The van der Waals surface area contributed by atoms with Crippen molar-refractivity contribution in [3.63, 3.8) is 0 Å². The fraction of sp³-hybridized carbons (Fsp3) is 0.750. The van der Waals surface area contributed by atoms with Gasteiger partial charge in [-0.3, -0.25) is 5.32 Å². The molecule has 3 rings (SSSR count). The molecule has 0 spiro atoms. The van der Waals surface area contributed by atoms with Gasteiger partial charge < -0.3 is 14.7 Å². The van der Waals surface area contributed by atoms with Crippen molar-refractivity contribution in [2.75, 3.05) is 59.2 Å². The predicted molar refractivity (Wildman–Crippen MR) is 90.5 cm³/mol.